The van der Waals surface area contributed by atoms with Crippen LogP contribution in [0.1, 0.15) is 18.4 Å². The van der Waals surface area contributed by atoms with E-state index < -0.39 is 0 Å². The van der Waals surface area contributed by atoms with Gasteiger partial charge < -0.3 is 10.6 Å². The van der Waals surface area contributed by atoms with Crippen LogP contribution in [0.4, 0.5) is 5.69 Å². The number of guanidine groups is 1. The Morgan fingerprint density at radius 2 is 2.00 bits per heavy atom. The van der Waals surface area contributed by atoms with Gasteiger partial charge in [-0.3, -0.25) is 4.99 Å². The first-order valence-electron chi connectivity index (χ1n) is 6.37. The number of benzene rings is 1. The third-order valence-corrected chi connectivity index (χ3v) is 5.55. The molecule has 96 valence electrons. The summed E-state index contributed by atoms with van der Waals surface area (Å²) in [6.45, 7) is 2.94. The maximum absolute atomic E-state index is 6.09. The lowest BCUT2D eigenvalue weighted by molar-refractivity contribution is 0.664. The highest BCUT2D eigenvalue weighted by Gasteiger charge is 2.53. The summed E-state index contributed by atoms with van der Waals surface area (Å²) in [4.78, 5) is 6.68. The molecule has 1 saturated carbocycles. The van der Waals surface area contributed by atoms with E-state index in [4.69, 9.17) is 5.73 Å². The van der Waals surface area contributed by atoms with Crippen LogP contribution in [0, 0.1) is 6.92 Å². The molecule has 1 atom stereocenters. The van der Waals surface area contributed by atoms with Gasteiger partial charge in [0.25, 0.3) is 0 Å². The van der Waals surface area contributed by atoms with Crippen LogP contribution < -0.4 is 10.6 Å². The summed E-state index contributed by atoms with van der Waals surface area (Å²) < 4.78 is 0.371. The molecule has 1 unspecified atom stereocenters. The monoisotopic (exact) mass is 261 g/mol. The minimum absolute atomic E-state index is 0.371. The summed E-state index contributed by atoms with van der Waals surface area (Å²) in [5.74, 6) is 0.671. The molecule has 1 heterocycles. The normalized spacial score (nSPS) is 25.1. The second kappa shape index (κ2) is 4.19. The average molecular weight is 261 g/mol. The molecule has 0 spiro atoms. The van der Waals surface area contributed by atoms with E-state index in [-0.39, 0.29) is 0 Å². The van der Waals surface area contributed by atoms with Gasteiger partial charge in [0.15, 0.2) is 5.96 Å². The zero-order valence-corrected chi connectivity index (χ0v) is 11.7. The number of hydrogen-bond donors (Lipinski definition) is 1. The number of aliphatic imine (C=N–C) groups is 1. The maximum Gasteiger partial charge on any atom is 0.196 e. The number of hydrogen-bond acceptors (Lipinski definition) is 4. The topological polar surface area (TPSA) is 41.6 Å². The second-order valence-electron chi connectivity index (χ2n) is 5.19. The summed E-state index contributed by atoms with van der Waals surface area (Å²) in [5.41, 5.74) is 8.53. The van der Waals surface area contributed by atoms with Crippen LogP contribution in [0.5, 0.6) is 0 Å². The molecule has 1 aromatic rings. The number of thioether (sulfide) groups is 1. The molecule has 1 aliphatic heterocycles. The Balaban J connectivity index is 1.92. The quantitative estimate of drug-likeness (QED) is 0.908. The predicted molar refractivity (Wildman–Crippen MR) is 79.4 cm³/mol. The zero-order chi connectivity index (χ0) is 12.8. The minimum atomic E-state index is 0.371. The summed E-state index contributed by atoms with van der Waals surface area (Å²) in [5, 5.41) is 0. The highest BCUT2D eigenvalue weighted by Crippen LogP contribution is 2.53. The Labute approximate surface area is 112 Å². The van der Waals surface area contributed by atoms with Crippen LogP contribution in [0.3, 0.4) is 0 Å². The third-order valence-electron chi connectivity index (χ3n) is 4.05. The van der Waals surface area contributed by atoms with E-state index in [9.17, 15) is 0 Å². The van der Waals surface area contributed by atoms with E-state index in [1.165, 1.54) is 24.1 Å². The highest BCUT2D eigenvalue weighted by atomic mass is 32.2. The summed E-state index contributed by atoms with van der Waals surface area (Å²) in [6, 6.07) is 8.99. The van der Waals surface area contributed by atoms with Crippen molar-refractivity contribution in [1.82, 2.24) is 0 Å². The first-order valence-corrected chi connectivity index (χ1v) is 7.60. The molecule has 4 heteroatoms. The van der Waals surface area contributed by atoms with E-state index in [0.29, 0.717) is 16.7 Å². The first kappa shape index (κ1) is 11.9. The van der Waals surface area contributed by atoms with Crippen molar-refractivity contribution in [1.29, 1.82) is 0 Å². The predicted octanol–water partition coefficient (Wildman–Crippen LogP) is 2.39. The molecule has 1 aromatic carbocycles. The van der Waals surface area contributed by atoms with Crippen LogP contribution in [0.15, 0.2) is 29.3 Å². The van der Waals surface area contributed by atoms with Crippen molar-refractivity contribution in [2.24, 2.45) is 10.7 Å². The summed E-state index contributed by atoms with van der Waals surface area (Å²) in [6.07, 6.45) is 4.77. The molecule has 2 aliphatic rings. The van der Waals surface area contributed by atoms with Gasteiger partial charge in [-0.25, -0.2) is 0 Å². The molecule has 0 bridgehead atoms. The molecule has 1 aliphatic carbocycles. The second-order valence-corrected chi connectivity index (χ2v) is 6.41. The van der Waals surface area contributed by atoms with Gasteiger partial charge in [-0.2, -0.15) is 11.8 Å². The average Bonchev–Trinajstić information content (AvgIpc) is 3.08. The fourth-order valence-electron chi connectivity index (χ4n) is 2.71. The van der Waals surface area contributed by atoms with Crippen LogP contribution in [-0.4, -0.2) is 29.5 Å². The molecule has 3 rings (SSSR count). The van der Waals surface area contributed by atoms with Crippen molar-refractivity contribution in [3.8, 4) is 0 Å². The minimum Gasteiger partial charge on any atom is -0.370 e. The van der Waals surface area contributed by atoms with Gasteiger partial charge >= 0.3 is 0 Å². The van der Waals surface area contributed by atoms with Crippen molar-refractivity contribution in [3.63, 3.8) is 0 Å². The van der Waals surface area contributed by atoms with Crippen molar-refractivity contribution in [3.05, 3.63) is 29.8 Å². The lowest BCUT2D eigenvalue weighted by Crippen LogP contribution is -2.47. The van der Waals surface area contributed by atoms with E-state index in [1.54, 1.807) is 0 Å². The molecule has 0 amide bonds. The number of aryl methyl sites for hydroxylation is 1. The number of nitrogens with zero attached hydrogens (tertiary/aromatic N) is 2. The van der Waals surface area contributed by atoms with Gasteiger partial charge in [0.05, 0.1) is 12.6 Å². The van der Waals surface area contributed by atoms with Crippen molar-refractivity contribution in [2.75, 3.05) is 17.7 Å². The lowest BCUT2D eigenvalue weighted by atomic mass is 10.1. The Bertz CT molecular complexity index is 476. The Kier molecular flexibility index (Phi) is 2.77. The van der Waals surface area contributed by atoms with Gasteiger partial charge in [-0.05, 0) is 38.2 Å². The summed E-state index contributed by atoms with van der Waals surface area (Å²) >= 11 is 1.97. The Hall–Kier alpha value is -1.16. The molecule has 18 heavy (non-hydrogen) atoms. The van der Waals surface area contributed by atoms with Crippen LogP contribution in [0.2, 0.25) is 0 Å². The number of rotatable bonds is 3. The molecule has 0 radical (unpaired) electrons. The van der Waals surface area contributed by atoms with E-state index in [2.05, 4.69) is 47.3 Å². The van der Waals surface area contributed by atoms with E-state index in [0.717, 1.165) is 6.54 Å². The zero-order valence-electron chi connectivity index (χ0n) is 10.9. The molecule has 1 fully saturated rings. The fraction of sp³-hybridized carbons (Fsp3) is 0.500. The molecule has 0 saturated heterocycles. The standard InChI is InChI=1S/C14H19N3S/c1-10-3-5-11(6-4-10)17-12(9-16-13(17)15)14(18-2)7-8-14/h3-6,12H,7-9H2,1-2H3,(H2,15,16). The SMILES string of the molecule is CSC1(C2CN=C(N)N2c2ccc(C)cc2)CC1. The van der Waals surface area contributed by atoms with Gasteiger partial charge in [0.2, 0.25) is 0 Å². The molecule has 3 nitrogen and oxygen atoms in total. The number of nitrogens with two attached hydrogens (primary N) is 1. The summed E-state index contributed by atoms with van der Waals surface area (Å²) in [7, 11) is 0. The highest BCUT2D eigenvalue weighted by molar-refractivity contribution is 8.00. The van der Waals surface area contributed by atoms with Crippen LogP contribution in [-0.2, 0) is 0 Å². The van der Waals surface area contributed by atoms with Gasteiger partial charge in [0.1, 0.15) is 0 Å². The third kappa shape index (κ3) is 1.79. The molecule has 0 aromatic heterocycles. The van der Waals surface area contributed by atoms with Crippen LogP contribution in [0.25, 0.3) is 0 Å². The molecular formula is C14H19N3S. The smallest absolute Gasteiger partial charge is 0.196 e. The van der Waals surface area contributed by atoms with Crippen molar-refractivity contribution < 1.29 is 0 Å². The lowest BCUT2D eigenvalue weighted by Gasteiger charge is -2.32. The van der Waals surface area contributed by atoms with Gasteiger partial charge in [-0.15, -0.1) is 0 Å². The van der Waals surface area contributed by atoms with Gasteiger partial charge in [-0.1, -0.05) is 17.7 Å². The maximum atomic E-state index is 6.09. The van der Waals surface area contributed by atoms with Crippen molar-refractivity contribution in [2.45, 2.75) is 30.6 Å². The van der Waals surface area contributed by atoms with E-state index >= 15 is 0 Å². The fourth-order valence-corrected chi connectivity index (χ4v) is 3.68. The Morgan fingerprint density at radius 3 is 2.56 bits per heavy atom. The molecule has 2 N–H and O–H groups in total. The first-order chi connectivity index (χ1) is 8.66. The molecular weight excluding hydrogens is 242 g/mol. The van der Waals surface area contributed by atoms with Crippen molar-refractivity contribution >= 4 is 23.4 Å². The largest absolute Gasteiger partial charge is 0.370 e. The van der Waals surface area contributed by atoms with Crippen LogP contribution >= 0.6 is 11.8 Å². The van der Waals surface area contributed by atoms with Gasteiger partial charge in [0, 0.05) is 10.4 Å². The van der Waals surface area contributed by atoms with E-state index in [1.807, 2.05) is 11.8 Å². The Morgan fingerprint density at radius 1 is 1.33 bits per heavy atom. The number of anilines is 1.